The standard InChI is InChI=1S/C21H23N5O2S/c1-16-6-7-17(2)20(15-16)29(27,28)26-13-11-25(12-14-26)21-9-8-19(23-24-21)18-5-3-4-10-22-18/h3-10,15H,11-14H2,1-2H3. The Morgan fingerprint density at radius 3 is 2.31 bits per heavy atom. The number of benzene rings is 1. The smallest absolute Gasteiger partial charge is 0.243 e. The van der Waals surface area contributed by atoms with E-state index in [4.69, 9.17) is 0 Å². The summed E-state index contributed by atoms with van der Waals surface area (Å²) in [6.07, 6.45) is 1.72. The summed E-state index contributed by atoms with van der Waals surface area (Å²) in [7, 11) is -3.50. The van der Waals surface area contributed by atoms with E-state index in [1.54, 1.807) is 16.6 Å². The van der Waals surface area contributed by atoms with Crippen molar-refractivity contribution in [1.82, 2.24) is 19.5 Å². The van der Waals surface area contributed by atoms with Crippen LogP contribution in [0.3, 0.4) is 0 Å². The molecule has 0 N–H and O–H groups in total. The van der Waals surface area contributed by atoms with E-state index >= 15 is 0 Å². The lowest BCUT2D eigenvalue weighted by atomic mass is 10.2. The Hall–Kier alpha value is -2.84. The molecule has 3 aromatic rings. The third kappa shape index (κ3) is 3.99. The fourth-order valence-corrected chi connectivity index (χ4v) is 5.16. The zero-order chi connectivity index (χ0) is 20.4. The second kappa shape index (κ2) is 7.88. The molecule has 1 aliphatic rings. The van der Waals surface area contributed by atoms with Gasteiger partial charge >= 0.3 is 0 Å². The molecule has 0 aliphatic carbocycles. The molecule has 0 radical (unpaired) electrons. The summed E-state index contributed by atoms with van der Waals surface area (Å²) in [4.78, 5) is 6.73. The number of aromatic nitrogens is 3. The van der Waals surface area contributed by atoms with Gasteiger partial charge in [-0.25, -0.2) is 8.42 Å². The Kier molecular flexibility index (Phi) is 5.29. The summed E-state index contributed by atoms with van der Waals surface area (Å²) < 4.78 is 27.7. The van der Waals surface area contributed by atoms with Crippen LogP contribution in [0.2, 0.25) is 0 Å². The molecule has 1 aromatic carbocycles. The maximum Gasteiger partial charge on any atom is 0.243 e. The van der Waals surface area contributed by atoms with Crippen molar-refractivity contribution in [2.75, 3.05) is 31.1 Å². The average Bonchev–Trinajstić information content (AvgIpc) is 2.76. The van der Waals surface area contributed by atoms with Crippen molar-refractivity contribution >= 4 is 15.8 Å². The molecule has 0 amide bonds. The van der Waals surface area contributed by atoms with Crippen LogP contribution >= 0.6 is 0 Å². The van der Waals surface area contributed by atoms with E-state index < -0.39 is 10.0 Å². The number of piperazine rings is 1. The Bertz CT molecular complexity index is 1090. The van der Waals surface area contributed by atoms with Crippen molar-refractivity contribution < 1.29 is 8.42 Å². The van der Waals surface area contributed by atoms with Crippen LogP contribution in [0.5, 0.6) is 0 Å². The molecule has 0 atom stereocenters. The Morgan fingerprint density at radius 2 is 1.66 bits per heavy atom. The highest BCUT2D eigenvalue weighted by Gasteiger charge is 2.30. The van der Waals surface area contributed by atoms with Gasteiger partial charge in [0.25, 0.3) is 0 Å². The maximum absolute atomic E-state index is 13.1. The summed E-state index contributed by atoms with van der Waals surface area (Å²) in [6.45, 7) is 5.72. The van der Waals surface area contributed by atoms with Crippen LogP contribution in [0.25, 0.3) is 11.4 Å². The Balaban J connectivity index is 1.46. The molecule has 29 heavy (non-hydrogen) atoms. The quantitative estimate of drug-likeness (QED) is 0.659. The molecular weight excluding hydrogens is 386 g/mol. The molecule has 1 aliphatic heterocycles. The number of sulfonamides is 1. The zero-order valence-corrected chi connectivity index (χ0v) is 17.3. The van der Waals surface area contributed by atoms with Crippen LogP contribution in [0.1, 0.15) is 11.1 Å². The van der Waals surface area contributed by atoms with Crippen LogP contribution in [0.15, 0.2) is 59.6 Å². The summed E-state index contributed by atoms with van der Waals surface area (Å²) in [6, 6.07) is 15.0. The van der Waals surface area contributed by atoms with Crippen molar-refractivity contribution in [3.05, 3.63) is 65.9 Å². The molecule has 1 saturated heterocycles. The highest BCUT2D eigenvalue weighted by Crippen LogP contribution is 2.24. The van der Waals surface area contributed by atoms with Crippen molar-refractivity contribution in [3.8, 4) is 11.4 Å². The minimum Gasteiger partial charge on any atom is -0.352 e. The van der Waals surface area contributed by atoms with Gasteiger partial charge in [-0.05, 0) is 55.3 Å². The van der Waals surface area contributed by atoms with Crippen LogP contribution in [0.4, 0.5) is 5.82 Å². The number of hydrogen-bond donors (Lipinski definition) is 0. The first kappa shape index (κ1) is 19.5. The van der Waals surface area contributed by atoms with Gasteiger partial charge in [0.05, 0.1) is 10.6 Å². The van der Waals surface area contributed by atoms with Crippen LogP contribution in [-0.2, 0) is 10.0 Å². The number of anilines is 1. The van der Waals surface area contributed by atoms with Gasteiger partial charge < -0.3 is 4.90 Å². The lowest BCUT2D eigenvalue weighted by molar-refractivity contribution is 0.383. The van der Waals surface area contributed by atoms with Crippen molar-refractivity contribution in [1.29, 1.82) is 0 Å². The highest BCUT2D eigenvalue weighted by atomic mass is 32.2. The van der Waals surface area contributed by atoms with Gasteiger partial charge in [-0.15, -0.1) is 10.2 Å². The number of nitrogens with zero attached hydrogens (tertiary/aromatic N) is 5. The number of aryl methyl sites for hydroxylation is 2. The summed E-state index contributed by atoms with van der Waals surface area (Å²) in [5.74, 6) is 0.744. The largest absolute Gasteiger partial charge is 0.352 e. The monoisotopic (exact) mass is 409 g/mol. The molecule has 0 unspecified atom stereocenters. The second-order valence-electron chi connectivity index (χ2n) is 7.15. The summed E-state index contributed by atoms with van der Waals surface area (Å²) >= 11 is 0. The van der Waals surface area contributed by atoms with E-state index in [0.29, 0.717) is 36.8 Å². The normalized spacial score (nSPS) is 15.4. The fraction of sp³-hybridized carbons (Fsp3) is 0.286. The average molecular weight is 410 g/mol. The third-order valence-corrected chi connectivity index (χ3v) is 7.14. The van der Waals surface area contributed by atoms with E-state index in [1.165, 1.54) is 0 Å². The van der Waals surface area contributed by atoms with Gasteiger partial charge in [0, 0.05) is 32.4 Å². The highest BCUT2D eigenvalue weighted by molar-refractivity contribution is 7.89. The van der Waals surface area contributed by atoms with Crippen molar-refractivity contribution in [2.24, 2.45) is 0 Å². The Labute approximate surface area is 171 Å². The van der Waals surface area contributed by atoms with Gasteiger partial charge in [-0.3, -0.25) is 4.98 Å². The van der Waals surface area contributed by atoms with Crippen molar-refractivity contribution in [3.63, 3.8) is 0 Å². The molecule has 8 heteroatoms. The minimum atomic E-state index is -3.50. The number of hydrogen-bond acceptors (Lipinski definition) is 6. The molecule has 7 nitrogen and oxygen atoms in total. The van der Waals surface area contributed by atoms with Gasteiger partial charge in [0.1, 0.15) is 5.69 Å². The van der Waals surface area contributed by atoms with E-state index in [9.17, 15) is 8.42 Å². The molecule has 150 valence electrons. The molecule has 4 rings (SSSR count). The predicted octanol–water partition coefficient (Wildman–Crippen LogP) is 2.67. The van der Waals surface area contributed by atoms with Gasteiger partial charge in [-0.2, -0.15) is 4.31 Å². The number of rotatable bonds is 4. The lowest BCUT2D eigenvalue weighted by Gasteiger charge is -2.34. The van der Waals surface area contributed by atoms with Crippen LogP contribution in [-0.4, -0.2) is 54.1 Å². The first-order valence-electron chi connectivity index (χ1n) is 9.52. The third-order valence-electron chi connectivity index (χ3n) is 5.10. The first-order valence-corrected chi connectivity index (χ1v) is 11.0. The lowest BCUT2D eigenvalue weighted by Crippen LogP contribution is -2.49. The number of pyridine rings is 1. The van der Waals surface area contributed by atoms with Crippen molar-refractivity contribution in [2.45, 2.75) is 18.7 Å². The minimum absolute atomic E-state index is 0.394. The molecule has 3 heterocycles. The van der Waals surface area contributed by atoms with Gasteiger partial charge in [0.15, 0.2) is 5.82 Å². The Morgan fingerprint density at radius 1 is 0.862 bits per heavy atom. The van der Waals surface area contributed by atoms with Gasteiger partial charge in [-0.1, -0.05) is 18.2 Å². The first-order chi connectivity index (χ1) is 13.9. The van der Waals surface area contributed by atoms with E-state index in [2.05, 4.69) is 20.1 Å². The molecule has 0 spiro atoms. The second-order valence-corrected chi connectivity index (χ2v) is 9.06. The summed E-state index contributed by atoms with van der Waals surface area (Å²) in [5, 5.41) is 8.59. The predicted molar refractivity (Wildman–Crippen MR) is 112 cm³/mol. The summed E-state index contributed by atoms with van der Waals surface area (Å²) in [5.41, 5.74) is 3.20. The maximum atomic E-state index is 13.1. The van der Waals surface area contributed by atoms with Gasteiger partial charge in [0.2, 0.25) is 10.0 Å². The van der Waals surface area contributed by atoms with E-state index in [-0.39, 0.29) is 0 Å². The molecule has 2 aromatic heterocycles. The fourth-order valence-electron chi connectivity index (χ4n) is 3.43. The van der Waals surface area contributed by atoms with Crippen LogP contribution < -0.4 is 4.90 Å². The molecule has 0 saturated carbocycles. The van der Waals surface area contributed by atoms with Crippen LogP contribution in [0, 0.1) is 13.8 Å². The zero-order valence-electron chi connectivity index (χ0n) is 16.5. The molecule has 0 bridgehead atoms. The topological polar surface area (TPSA) is 79.3 Å². The SMILES string of the molecule is Cc1ccc(C)c(S(=O)(=O)N2CCN(c3ccc(-c4ccccn4)nn3)CC2)c1. The van der Waals surface area contributed by atoms with E-state index in [0.717, 1.165) is 22.6 Å². The van der Waals surface area contributed by atoms with E-state index in [1.807, 2.05) is 56.3 Å². The molecule has 1 fully saturated rings. The molecular formula is C21H23N5O2S.